The summed E-state index contributed by atoms with van der Waals surface area (Å²) in [6.07, 6.45) is -0.526. The van der Waals surface area contributed by atoms with Gasteiger partial charge < -0.3 is 15.2 Å². The number of nitrogens with one attached hydrogen (secondary N) is 1. The Morgan fingerprint density at radius 3 is 2.53 bits per heavy atom. The van der Waals surface area contributed by atoms with Crippen LogP contribution in [0.4, 0.5) is 9.18 Å². The fourth-order valence-corrected chi connectivity index (χ4v) is 1.17. The van der Waals surface area contributed by atoms with Gasteiger partial charge >= 0.3 is 6.09 Å². The highest BCUT2D eigenvalue weighted by Gasteiger charge is 2.10. The van der Waals surface area contributed by atoms with Crippen molar-refractivity contribution in [2.45, 2.75) is 12.5 Å². The zero-order valence-electron chi connectivity index (χ0n) is 7.81. The van der Waals surface area contributed by atoms with Crippen molar-refractivity contribution in [2.75, 3.05) is 0 Å². The van der Waals surface area contributed by atoms with Crippen molar-refractivity contribution in [1.29, 1.82) is 0 Å². The molecule has 0 bridgehead atoms. The van der Waals surface area contributed by atoms with Crippen molar-refractivity contribution in [3.8, 4) is 0 Å². The Labute approximate surface area is 85.7 Å². The van der Waals surface area contributed by atoms with Crippen LogP contribution in [-0.2, 0) is 11.2 Å². The maximum atomic E-state index is 12.5. The molecule has 1 atom stereocenters. The van der Waals surface area contributed by atoms with Gasteiger partial charge in [-0.25, -0.2) is 9.18 Å². The molecule has 0 heterocycles. The Balaban J connectivity index is 2.62. The first-order chi connectivity index (χ1) is 7.11. The summed E-state index contributed by atoms with van der Waals surface area (Å²) in [4.78, 5) is 20.8. The number of hydrogen-bond acceptors (Lipinski definition) is 2. The van der Waals surface area contributed by atoms with E-state index in [1.807, 2.05) is 5.32 Å². The van der Waals surface area contributed by atoms with Crippen LogP contribution in [0, 0.1) is 5.82 Å². The lowest BCUT2D eigenvalue weighted by Gasteiger charge is -2.09. The van der Waals surface area contributed by atoms with Crippen LogP contribution in [0.1, 0.15) is 5.56 Å². The Kier molecular flexibility index (Phi) is 3.79. The number of amides is 1. The smallest absolute Gasteiger partial charge is 0.405 e. The third-order valence-electron chi connectivity index (χ3n) is 1.84. The van der Waals surface area contributed by atoms with E-state index in [0.29, 0.717) is 11.8 Å². The molecule has 80 valence electrons. The molecule has 0 fully saturated rings. The molecule has 4 nitrogen and oxygen atoms in total. The van der Waals surface area contributed by atoms with E-state index in [9.17, 15) is 14.0 Å². The molecule has 1 aromatic carbocycles. The molecule has 0 aliphatic carbocycles. The van der Waals surface area contributed by atoms with Crippen LogP contribution in [0.2, 0.25) is 0 Å². The molecule has 5 heteroatoms. The van der Waals surface area contributed by atoms with Gasteiger partial charge in [0.2, 0.25) is 0 Å². The van der Waals surface area contributed by atoms with Gasteiger partial charge in [-0.05, 0) is 24.1 Å². The third kappa shape index (κ3) is 3.76. The van der Waals surface area contributed by atoms with Crippen molar-refractivity contribution >= 4 is 12.4 Å². The predicted molar refractivity (Wildman–Crippen MR) is 51.1 cm³/mol. The number of rotatable bonds is 4. The van der Waals surface area contributed by atoms with Gasteiger partial charge in [0, 0.05) is 0 Å². The second kappa shape index (κ2) is 5.09. The van der Waals surface area contributed by atoms with Gasteiger partial charge in [0.25, 0.3) is 0 Å². The maximum Gasteiger partial charge on any atom is 0.405 e. The average molecular weight is 211 g/mol. The van der Waals surface area contributed by atoms with E-state index in [-0.39, 0.29) is 12.2 Å². The van der Waals surface area contributed by atoms with Crippen molar-refractivity contribution in [2.24, 2.45) is 0 Å². The monoisotopic (exact) mass is 211 g/mol. The van der Waals surface area contributed by atoms with Crippen LogP contribution >= 0.6 is 0 Å². The zero-order chi connectivity index (χ0) is 11.3. The van der Waals surface area contributed by atoms with Gasteiger partial charge in [0.1, 0.15) is 12.1 Å². The van der Waals surface area contributed by atoms with Crippen LogP contribution in [-0.4, -0.2) is 23.5 Å². The Morgan fingerprint density at radius 1 is 1.47 bits per heavy atom. The van der Waals surface area contributed by atoms with Crippen molar-refractivity contribution in [3.63, 3.8) is 0 Å². The van der Waals surface area contributed by atoms with Gasteiger partial charge in [-0.2, -0.15) is 0 Å². The lowest BCUT2D eigenvalue weighted by atomic mass is 10.1. The molecular formula is C10H10FNO3. The van der Waals surface area contributed by atoms with Crippen LogP contribution in [0.3, 0.4) is 0 Å². The lowest BCUT2D eigenvalue weighted by molar-refractivity contribution is -0.109. The predicted octanol–water partition coefficient (Wildman–Crippen LogP) is 1.20. The minimum absolute atomic E-state index is 0.218. The first kappa shape index (κ1) is 11.2. The number of halogens is 1. The van der Waals surface area contributed by atoms with Crippen molar-refractivity contribution < 1.29 is 19.1 Å². The summed E-state index contributed by atoms with van der Waals surface area (Å²) in [7, 11) is 0. The summed E-state index contributed by atoms with van der Waals surface area (Å²) in [5.41, 5.74) is 0.697. The zero-order valence-corrected chi connectivity index (χ0v) is 7.81. The molecule has 0 saturated carbocycles. The highest BCUT2D eigenvalue weighted by atomic mass is 19.1. The molecule has 1 aromatic rings. The van der Waals surface area contributed by atoms with Crippen LogP contribution in [0.15, 0.2) is 24.3 Å². The first-order valence-corrected chi connectivity index (χ1v) is 4.31. The molecule has 1 unspecified atom stereocenters. The van der Waals surface area contributed by atoms with Crippen molar-refractivity contribution in [3.05, 3.63) is 35.6 Å². The highest BCUT2D eigenvalue weighted by Crippen LogP contribution is 2.05. The molecule has 1 rings (SSSR count). The van der Waals surface area contributed by atoms with Gasteiger partial charge in [-0.15, -0.1) is 0 Å². The lowest BCUT2D eigenvalue weighted by Crippen LogP contribution is -2.36. The molecule has 0 aliphatic rings. The van der Waals surface area contributed by atoms with Gasteiger partial charge in [0.05, 0.1) is 6.04 Å². The summed E-state index contributed by atoms with van der Waals surface area (Å²) < 4.78 is 12.5. The molecule has 0 aromatic heterocycles. The summed E-state index contributed by atoms with van der Waals surface area (Å²) in [6, 6.07) is 4.74. The quantitative estimate of drug-likeness (QED) is 0.735. The van der Waals surface area contributed by atoms with Gasteiger partial charge in [-0.1, -0.05) is 12.1 Å². The molecule has 0 aliphatic heterocycles. The SMILES string of the molecule is O=CC(Cc1ccc(F)cc1)NC(=O)O. The summed E-state index contributed by atoms with van der Waals surface area (Å²) >= 11 is 0. The number of aldehydes is 1. The molecule has 1 amide bonds. The highest BCUT2D eigenvalue weighted by molar-refractivity contribution is 5.71. The van der Waals surface area contributed by atoms with E-state index in [0.717, 1.165) is 0 Å². The van der Waals surface area contributed by atoms with E-state index in [4.69, 9.17) is 5.11 Å². The van der Waals surface area contributed by atoms with Gasteiger partial charge in [0.15, 0.2) is 0 Å². The Hall–Kier alpha value is -1.91. The third-order valence-corrected chi connectivity index (χ3v) is 1.84. The second-order valence-corrected chi connectivity index (χ2v) is 3.02. The second-order valence-electron chi connectivity index (χ2n) is 3.02. The normalized spacial score (nSPS) is 11.8. The van der Waals surface area contributed by atoms with E-state index >= 15 is 0 Å². The summed E-state index contributed by atoms with van der Waals surface area (Å²) in [5, 5.41) is 10.5. The van der Waals surface area contributed by atoms with E-state index in [1.165, 1.54) is 24.3 Å². The maximum absolute atomic E-state index is 12.5. The fraction of sp³-hybridized carbons (Fsp3) is 0.200. The molecular weight excluding hydrogens is 201 g/mol. The molecule has 2 N–H and O–H groups in total. The van der Waals surface area contributed by atoms with Gasteiger partial charge in [-0.3, -0.25) is 0 Å². The standard InChI is InChI=1S/C10H10FNO3/c11-8-3-1-7(2-4-8)5-9(6-13)12-10(14)15/h1-4,6,9,12H,5H2,(H,14,15). The number of carbonyl (C=O) groups excluding carboxylic acids is 1. The minimum Gasteiger partial charge on any atom is -0.465 e. The number of benzene rings is 1. The van der Waals surface area contributed by atoms with E-state index in [1.54, 1.807) is 0 Å². The Bertz CT molecular complexity index is 350. The number of carboxylic acid groups (broad SMARTS) is 1. The number of hydrogen-bond donors (Lipinski definition) is 2. The molecule has 0 radical (unpaired) electrons. The molecule has 15 heavy (non-hydrogen) atoms. The number of carbonyl (C=O) groups is 2. The first-order valence-electron chi connectivity index (χ1n) is 4.31. The largest absolute Gasteiger partial charge is 0.465 e. The fourth-order valence-electron chi connectivity index (χ4n) is 1.17. The van der Waals surface area contributed by atoms with Crippen LogP contribution < -0.4 is 5.32 Å². The average Bonchev–Trinajstić information content (AvgIpc) is 2.19. The van der Waals surface area contributed by atoms with E-state index < -0.39 is 12.1 Å². The summed E-state index contributed by atoms with van der Waals surface area (Å²) in [6.45, 7) is 0. The van der Waals surface area contributed by atoms with Crippen LogP contribution in [0.25, 0.3) is 0 Å². The summed E-state index contributed by atoms with van der Waals surface area (Å²) in [5.74, 6) is -0.368. The molecule has 0 saturated heterocycles. The molecule has 0 spiro atoms. The Morgan fingerprint density at radius 2 is 2.07 bits per heavy atom. The van der Waals surface area contributed by atoms with E-state index in [2.05, 4.69) is 0 Å². The van der Waals surface area contributed by atoms with Crippen LogP contribution in [0.5, 0.6) is 0 Å². The topological polar surface area (TPSA) is 66.4 Å². The minimum atomic E-state index is -1.26. The van der Waals surface area contributed by atoms with Crippen molar-refractivity contribution in [1.82, 2.24) is 5.32 Å².